The first kappa shape index (κ1) is 14.6. The van der Waals surface area contributed by atoms with Gasteiger partial charge in [0.1, 0.15) is 0 Å². The SMILES string of the molecule is CSCc1cccc(C(=O)N[C@H](C)c2ccncc2)c1. The number of nitrogens with zero attached hydrogens (tertiary/aromatic N) is 1. The molecule has 2 aromatic rings. The van der Waals surface area contributed by atoms with Crippen LogP contribution >= 0.6 is 11.8 Å². The highest BCUT2D eigenvalue weighted by molar-refractivity contribution is 7.97. The molecule has 0 aliphatic rings. The quantitative estimate of drug-likeness (QED) is 0.915. The minimum absolute atomic E-state index is 0.0327. The lowest BCUT2D eigenvalue weighted by atomic mass is 10.1. The van der Waals surface area contributed by atoms with Gasteiger partial charge in [0.25, 0.3) is 5.91 Å². The van der Waals surface area contributed by atoms with Gasteiger partial charge in [-0.15, -0.1) is 0 Å². The van der Waals surface area contributed by atoms with Crippen molar-refractivity contribution in [1.82, 2.24) is 10.3 Å². The summed E-state index contributed by atoms with van der Waals surface area (Å²) < 4.78 is 0. The average molecular weight is 286 g/mol. The van der Waals surface area contributed by atoms with Crippen LogP contribution in [0.4, 0.5) is 0 Å². The number of carbonyl (C=O) groups excluding carboxylic acids is 1. The zero-order valence-electron chi connectivity index (χ0n) is 11.7. The van der Waals surface area contributed by atoms with Crippen LogP contribution in [-0.2, 0) is 5.75 Å². The minimum Gasteiger partial charge on any atom is -0.346 e. The van der Waals surface area contributed by atoms with E-state index in [2.05, 4.69) is 16.6 Å². The average Bonchev–Trinajstić information content (AvgIpc) is 2.48. The van der Waals surface area contributed by atoms with E-state index in [4.69, 9.17) is 0 Å². The lowest BCUT2D eigenvalue weighted by Gasteiger charge is -2.14. The molecule has 3 nitrogen and oxygen atoms in total. The van der Waals surface area contributed by atoms with Crippen LogP contribution in [0.3, 0.4) is 0 Å². The molecule has 1 amide bonds. The van der Waals surface area contributed by atoms with E-state index in [0.717, 1.165) is 11.3 Å². The molecule has 4 heteroatoms. The highest BCUT2D eigenvalue weighted by Gasteiger charge is 2.11. The summed E-state index contributed by atoms with van der Waals surface area (Å²) in [6, 6.07) is 11.6. The molecule has 104 valence electrons. The molecule has 0 radical (unpaired) electrons. The van der Waals surface area contributed by atoms with Crippen molar-refractivity contribution in [2.24, 2.45) is 0 Å². The van der Waals surface area contributed by atoms with Crippen LogP contribution in [0.15, 0.2) is 48.8 Å². The Bertz CT molecular complexity index is 572. The van der Waals surface area contributed by atoms with Gasteiger partial charge in [0.05, 0.1) is 6.04 Å². The lowest BCUT2D eigenvalue weighted by molar-refractivity contribution is 0.0940. The molecule has 0 bridgehead atoms. The molecule has 1 heterocycles. The molecule has 0 fully saturated rings. The topological polar surface area (TPSA) is 42.0 Å². The van der Waals surface area contributed by atoms with E-state index < -0.39 is 0 Å². The van der Waals surface area contributed by atoms with Crippen LogP contribution in [0.1, 0.15) is 34.5 Å². The van der Waals surface area contributed by atoms with Crippen LogP contribution < -0.4 is 5.32 Å². The second kappa shape index (κ2) is 7.10. The van der Waals surface area contributed by atoms with Gasteiger partial charge in [-0.2, -0.15) is 11.8 Å². The molecule has 1 N–H and O–H groups in total. The number of nitrogens with one attached hydrogen (secondary N) is 1. The third-order valence-electron chi connectivity index (χ3n) is 3.05. The maximum Gasteiger partial charge on any atom is 0.251 e. The summed E-state index contributed by atoms with van der Waals surface area (Å²) in [5.41, 5.74) is 2.92. The number of carbonyl (C=O) groups is 1. The normalized spacial score (nSPS) is 11.9. The monoisotopic (exact) mass is 286 g/mol. The largest absolute Gasteiger partial charge is 0.346 e. The highest BCUT2D eigenvalue weighted by Crippen LogP contribution is 2.14. The number of thioether (sulfide) groups is 1. The Balaban J connectivity index is 2.06. The molecule has 0 saturated carbocycles. The molecule has 2 rings (SSSR count). The van der Waals surface area contributed by atoms with Crippen molar-refractivity contribution in [2.75, 3.05) is 6.26 Å². The zero-order valence-corrected chi connectivity index (χ0v) is 12.5. The Morgan fingerprint density at radius 1 is 1.30 bits per heavy atom. The van der Waals surface area contributed by atoms with E-state index in [-0.39, 0.29) is 11.9 Å². The Labute approximate surface area is 123 Å². The van der Waals surface area contributed by atoms with Crippen LogP contribution in [0.25, 0.3) is 0 Å². The summed E-state index contributed by atoms with van der Waals surface area (Å²) in [5.74, 6) is 0.873. The van der Waals surface area contributed by atoms with Crippen molar-refractivity contribution in [1.29, 1.82) is 0 Å². The molecule has 0 aliphatic heterocycles. The van der Waals surface area contributed by atoms with Gasteiger partial charge in [0, 0.05) is 23.7 Å². The Morgan fingerprint density at radius 2 is 2.05 bits per heavy atom. The molecule has 0 spiro atoms. The first-order valence-electron chi connectivity index (χ1n) is 6.49. The molecule has 0 saturated heterocycles. The standard InChI is InChI=1S/C16H18N2OS/c1-12(14-6-8-17-9-7-14)18-16(19)15-5-3-4-13(10-15)11-20-2/h3-10,12H,11H2,1-2H3,(H,18,19)/t12-/m1/s1. The summed E-state index contributed by atoms with van der Waals surface area (Å²) in [6.45, 7) is 1.97. The number of aromatic nitrogens is 1. The molecular weight excluding hydrogens is 268 g/mol. The maximum absolute atomic E-state index is 12.3. The molecule has 20 heavy (non-hydrogen) atoms. The predicted octanol–water partition coefficient (Wildman–Crippen LogP) is 3.44. The lowest BCUT2D eigenvalue weighted by Crippen LogP contribution is -2.26. The van der Waals surface area contributed by atoms with Gasteiger partial charge < -0.3 is 5.32 Å². The molecule has 1 aromatic carbocycles. The van der Waals surface area contributed by atoms with Gasteiger partial charge in [-0.05, 0) is 48.6 Å². The number of amides is 1. The second-order valence-electron chi connectivity index (χ2n) is 4.61. The number of benzene rings is 1. The zero-order chi connectivity index (χ0) is 14.4. The summed E-state index contributed by atoms with van der Waals surface area (Å²) >= 11 is 1.75. The Kier molecular flexibility index (Phi) is 5.18. The van der Waals surface area contributed by atoms with Crippen molar-refractivity contribution in [3.63, 3.8) is 0 Å². The van der Waals surface area contributed by atoms with Crippen molar-refractivity contribution >= 4 is 17.7 Å². The third kappa shape index (κ3) is 3.84. The number of hydrogen-bond acceptors (Lipinski definition) is 3. The van der Waals surface area contributed by atoms with E-state index in [1.807, 2.05) is 43.3 Å². The fourth-order valence-electron chi connectivity index (χ4n) is 1.98. The van der Waals surface area contributed by atoms with Crippen molar-refractivity contribution in [3.8, 4) is 0 Å². The van der Waals surface area contributed by atoms with Crippen LogP contribution in [0, 0.1) is 0 Å². The van der Waals surface area contributed by atoms with E-state index in [9.17, 15) is 4.79 Å². The smallest absolute Gasteiger partial charge is 0.251 e. The number of rotatable bonds is 5. The minimum atomic E-state index is -0.0442. The molecule has 1 atom stereocenters. The van der Waals surface area contributed by atoms with E-state index in [0.29, 0.717) is 5.56 Å². The molecule has 0 aliphatic carbocycles. The highest BCUT2D eigenvalue weighted by atomic mass is 32.2. The van der Waals surface area contributed by atoms with Crippen molar-refractivity contribution in [2.45, 2.75) is 18.7 Å². The summed E-state index contributed by atoms with van der Waals surface area (Å²) in [5, 5.41) is 3.01. The Hall–Kier alpha value is -1.81. The number of hydrogen-bond donors (Lipinski definition) is 1. The Morgan fingerprint density at radius 3 is 2.75 bits per heavy atom. The summed E-state index contributed by atoms with van der Waals surface area (Å²) in [7, 11) is 0. The van der Waals surface area contributed by atoms with Crippen LogP contribution in [0.2, 0.25) is 0 Å². The van der Waals surface area contributed by atoms with Gasteiger partial charge in [-0.3, -0.25) is 9.78 Å². The van der Waals surface area contributed by atoms with Crippen LogP contribution in [-0.4, -0.2) is 17.1 Å². The van der Waals surface area contributed by atoms with Gasteiger partial charge in [-0.1, -0.05) is 12.1 Å². The fourth-order valence-corrected chi connectivity index (χ4v) is 2.50. The fraction of sp³-hybridized carbons (Fsp3) is 0.250. The molecule has 0 unspecified atom stereocenters. The van der Waals surface area contributed by atoms with Gasteiger partial charge >= 0.3 is 0 Å². The van der Waals surface area contributed by atoms with Crippen molar-refractivity contribution < 1.29 is 4.79 Å². The second-order valence-corrected chi connectivity index (χ2v) is 5.48. The first-order valence-corrected chi connectivity index (χ1v) is 7.88. The van der Waals surface area contributed by atoms with E-state index in [1.165, 1.54) is 5.56 Å². The third-order valence-corrected chi connectivity index (χ3v) is 3.68. The summed E-state index contributed by atoms with van der Waals surface area (Å²) in [6.07, 6.45) is 5.52. The van der Waals surface area contributed by atoms with Gasteiger partial charge in [0.15, 0.2) is 0 Å². The maximum atomic E-state index is 12.3. The van der Waals surface area contributed by atoms with E-state index >= 15 is 0 Å². The molecular formula is C16H18N2OS. The van der Waals surface area contributed by atoms with Gasteiger partial charge in [-0.25, -0.2) is 0 Å². The van der Waals surface area contributed by atoms with Crippen LogP contribution in [0.5, 0.6) is 0 Å². The number of pyridine rings is 1. The summed E-state index contributed by atoms with van der Waals surface area (Å²) in [4.78, 5) is 16.2. The first-order chi connectivity index (χ1) is 9.70. The van der Waals surface area contributed by atoms with Gasteiger partial charge in [0.2, 0.25) is 0 Å². The van der Waals surface area contributed by atoms with Crippen molar-refractivity contribution in [3.05, 3.63) is 65.5 Å². The molecule has 1 aromatic heterocycles. The predicted molar refractivity (Wildman–Crippen MR) is 83.8 cm³/mol. The van der Waals surface area contributed by atoms with E-state index in [1.54, 1.807) is 24.2 Å².